The van der Waals surface area contributed by atoms with Crippen molar-refractivity contribution in [3.05, 3.63) is 69.1 Å². The van der Waals surface area contributed by atoms with E-state index in [0.29, 0.717) is 22.1 Å². The van der Waals surface area contributed by atoms with Crippen LogP contribution in [0.3, 0.4) is 0 Å². The minimum absolute atomic E-state index is 0.0178. The Morgan fingerprint density at radius 2 is 2.00 bits per heavy atom. The fourth-order valence-corrected chi connectivity index (χ4v) is 3.55. The first-order chi connectivity index (χ1) is 15.0. The lowest BCUT2D eigenvalue weighted by Crippen LogP contribution is -2.25. The summed E-state index contributed by atoms with van der Waals surface area (Å²) in [5, 5.41) is 15.0. The number of hydrogen-bond acceptors (Lipinski definition) is 7. The van der Waals surface area contributed by atoms with Crippen LogP contribution >= 0.6 is 0 Å². The Kier molecular flexibility index (Phi) is 6.20. The number of hydrogen-bond donors (Lipinski definition) is 2. The fourth-order valence-electron chi connectivity index (χ4n) is 3.09. The number of nitrogens with two attached hydrogens (primary N) is 1. The molecule has 0 atom stereocenters. The van der Waals surface area contributed by atoms with Crippen LogP contribution in [0.2, 0.25) is 0 Å². The zero-order valence-electron chi connectivity index (χ0n) is 17.5. The maximum atomic E-state index is 12.7. The summed E-state index contributed by atoms with van der Waals surface area (Å²) in [6, 6.07) is 11.2. The van der Waals surface area contributed by atoms with Crippen molar-refractivity contribution in [2.45, 2.75) is 13.3 Å². The van der Waals surface area contributed by atoms with E-state index in [4.69, 9.17) is 14.3 Å². The number of rotatable bonds is 5. The van der Waals surface area contributed by atoms with Crippen LogP contribution in [0.25, 0.3) is 11.0 Å². The molecule has 0 aliphatic rings. The maximum absolute atomic E-state index is 12.7. The fraction of sp³-hybridized carbons (Fsp3) is 0.190. The zero-order valence-corrected chi connectivity index (χ0v) is 18.3. The molecular weight excluding hydrogens is 436 g/mol. The summed E-state index contributed by atoms with van der Waals surface area (Å²) in [6.07, 6.45) is -0.520. The second-order valence-corrected chi connectivity index (χ2v) is 8.53. The van der Waals surface area contributed by atoms with Crippen molar-refractivity contribution >= 4 is 33.0 Å². The molecule has 3 N–H and O–H groups in total. The van der Waals surface area contributed by atoms with E-state index in [-0.39, 0.29) is 29.0 Å². The predicted octanol–water partition coefficient (Wildman–Crippen LogP) is 2.24. The van der Waals surface area contributed by atoms with Crippen LogP contribution in [0.5, 0.6) is 5.75 Å². The first-order valence-electron chi connectivity index (χ1n) is 9.27. The number of benzene rings is 2. The topological polar surface area (TPSA) is 156 Å². The second kappa shape index (κ2) is 8.70. The summed E-state index contributed by atoms with van der Waals surface area (Å²) in [5.41, 5.74) is 1.50. The lowest BCUT2D eigenvalue weighted by molar-refractivity contribution is 0.172. The van der Waals surface area contributed by atoms with Gasteiger partial charge in [0.05, 0.1) is 11.3 Å². The molecule has 1 amide bonds. The predicted molar refractivity (Wildman–Crippen MR) is 118 cm³/mol. The number of nitrogens with one attached hydrogen (secondary N) is 1. The summed E-state index contributed by atoms with van der Waals surface area (Å²) in [6.45, 7) is 1.72. The van der Waals surface area contributed by atoms with Gasteiger partial charge in [0.25, 0.3) is 10.2 Å². The third kappa shape index (κ3) is 5.05. The first kappa shape index (κ1) is 22.8. The van der Waals surface area contributed by atoms with E-state index in [1.54, 1.807) is 25.1 Å². The lowest BCUT2D eigenvalue weighted by Gasteiger charge is -2.13. The van der Waals surface area contributed by atoms with Crippen molar-refractivity contribution in [1.82, 2.24) is 4.90 Å². The molecule has 3 aromatic rings. The number of carbonyl (C=O) groups excluding carboxylic acids is 1. The molecule has 1 heterocycles. The average molecular weight is 456 g/mol. The number of nitrogens with zero attached hydrogens (tertiary/aromatic N) is 2. The molecule has 3 rings (SSSR count). The van der Waals surface area contributed by atoms with Crippen molar-refractivity contribution in [2.24, 2.45) is 5.14 Å². The van der Waals surface area contributed by atoms with Gasteiger partial charge < -0.3 is 14.1 Å². The highest BCUT2D eigenvalue weighted by Gasteiger charge is 2.18. The van der Waals surface area contributed by atoms with Gasteiger partial charge in [0.2, 0.25) is 0 Å². The molecule has 0 unspecified atom stereocenters. The number of nitriles is 1. The molecule has 2 aromatic carbocycles. The molecule has 0 aliphatic heterocycles. The highest BCUT2D eigenvalue weighted by atomic mass is 32.2. The van der Waals surface area contributed by atoms with Crippen LogP contribution in [0, 0.1) is 18.3 Å². The highest BCUT2D eigenvalue weighted by Crippen LogP contribution is 2.29. The van der Waals surface area contributed by atoms with E-state index in [0.717, 1.165) is 0 Å². The van der Waals surface area contributed by atoms with Crippen molar-refractivity contribution in [1.29, 1.82) is 5.26 Å². The van der Waals surface area contributed by atoms with Crippen LogP contribution in [-0.4, -0.2) is 33.5 Å². The SMILES string of the molecule is Cc1c(Cc2cccc(NS(N)(=O)=O)c2)c(=O)oc2cc(OC(=O)N(C)C)c(C#N)cc12. The van der Waals surface area contributed by atoms with E-state index >= 15 is 0 Å². The van der Waals surface area contributed by atoms with Gasteiger partial charge in [0.15, 0.2) is 5.75 Å². The third-order valence-electron chi connectivity index (χ3n) is 4.64. The summed E-state index contributed by atoms with van der Waals surface area (Å²) in [7, 11) is -0.939. The summed E-state index contributed by atoms with van der Waals surface area (Å²) in [4.78, 5) is 25.8. The van der Waals surface area contributed by atoms with Crippen molar-refractivity contribution < 1.29 is 22.4 Å². The number of fused-ring (bicyclic) bond motifs is 1. The number of anilines is 1. The average Bonchev–Trinajstić information content (AvgIpc) is 2.69. The minimum atomic E-state index is -3.94. The van der Waals surface area contributed by atoms with Crippen LogP contribution in [0.1, 0.15) is 22.3 Å². The molecule has 11 heteroatoms. The quantitative estimate of drug-likeness (QED) is 0.558. The van der Waals surface area contributed by atoms with E-state index in [2.05, 4.69) is 4.72 Å². The number of carbonyl (C=O) groups is 1. The van der Waals surface area contributed by atoms with E-state index < -0.39 is 21.9 Å². The van der Waals surface area contributed by atoms with Gasteiger partial charge in [-0.1, -0.05) is 12.1 Å². The molecule has 0 saturated carbocycles. The van der Waals surface area contributed by atoms with Crippen LogP contribution in [0.4, 0.5) is 10.5 Å². The number of aryl methyl sites for hydroxylation is 1. The van der Waals surface area contributed by atoms with Crippen LogP contribution in [0.15, 0.2) is 45.6 Å². The van der Waals surface area contributed by atoms with Gasteiger partial charge in [0, 0.05) is 37.5 Å². The molecule has 0 bridgehead atoms. The second-order valence-electron chi connectivity index (χ2n) is 7.24. The normalized spacial score (nSPS) is 11.1. The summed E-state index contributed by atoms with van der Waals surface area (Å²) >= 11 is 0. The van der Waals surface area contributed by atoms with Gasteiger partial charge in [0.1, 0.15) is 11.7 Å². The van der Waals surface area contributed by atoms with Gasteiger partial charge in [-0.15, -0.1) is 0 Å². The Labute approximate surface area is 184 Å². The Hall–Kier alpha value is -3.88. The van der Waals surface area contributed by atoms with E-state index in [9.17, 15) is 23.3 Å². The molecule has 0 aliphatic carbocycles. The molecular formula is C21H20N4O6S. The van der Waals surface area contributed by atoms with Crippen molar-refractivity contribution in [3.63, 3.8) is 0 Å². The monoisotopic (exact) mass is 456 g/mol. The van der Waals surface area contributed by atoms with Crippen LogP contribution in [-0.2, 0) is 16.6 Å². The van der Waals surface area contributed by atoms with E-state index in [1.165, 1.54) is 37.2 Å². The van der Waals surface area contributed by atoms with Crippen LogP contribution < -0.4 is 20.2 Å². The van der Waals surface area contributed by atoms with Gasteiger partial charge in [-0.3, -0.25) is 4.72 Å². The highest BCUT2D eigenvalue weighted by molar-refractivity contribution is 7.90. The Balaban J connectivity index is 2.05. The molecule has 1 aromatic heterocycles. The zero-order chi connectivity index (χ0) is 23.6. The standard InChI is InChI=1S/C21H20N4O6S/c1-12-16-9-14(11-22)18(31-21(27)25(2)3)10-19(16)30-20(26)17(12)8-13-5-4-6-15(7-13)24-32(23,28)29/h4-7,9-10,24H,8H2,1-3H3,(H2,23,28,29). The number of amides is 1. The first-order valence-corrected chi connectivity index (χ1v) is 10.8. The molecule has 0 fully saturated rings. The Morgan fingerprint density at radius 3 is 2.62 bits per heavy atom. The van der Waals surface area contributed by atoms with Gasteiger partial charge >= 0.3 is 11.7 Å². The van der Waals surface area contributed by atoms with Gasteiger partial charge in [-0.25, -0.2) is 14.7 Å². The summed E-state index contributed by atoms with van der Waals surface area (Å²) in [5.74, 6) is -0.0178. The van der Waals surface area contributed by atoms with Crippen molar-refractivity contribution in [2.75, 3.05) is 18.8 Å². The van der Waals surface area contributed by atoms with Gasteiger partial charge in [-0.2, -0.15) is 13.7 Å². The minimum Gasteiger partial charge on any atom is -0.422 e. The van der Waals surface area contributed by atoms with Crippen molar-refractivity contribution in [3.8, 4) is 11.8 Å². The van der Waals surface area contributed by atoms with E-state index in [1.807, 2.05) is 6.07 Å². The molecule has 0 saturated heterocycles. The maximum Gasteiger partial charge on any atom is 0.414 e. The largest absolute Gasteiger partial charge is 0.422 e. The molecule has 0 spiro atoms. The molecule has 0 radical (unpaired) electrons. The molecule has 166 valence electrons. The van der Waals surface area contributed by atoms with Gasteiger partial charge in [-0.05, 0) is 36.2 Å². The Bertz CT molecular complexity index is 1420. The Morgan fingerprint density at radius 1 is 1.28 bits per heavy atom. The third-order valence-corrected chi connectivity index (χ3v) is 5.16. The lowest BCUT2D eigenvalue weighted by atomic mass is 9.98. The molecule has 32 heavy (non-hydrogen) atoms. The number of ether oxygens (including phenoxy) is 1. The summed E-state index contributed by atoms with van der Waals surface area (Å²) < 4.78 is 35.3. The molecule has 10 nitrogen and oxygen atoms in total. The smallest absolute Gasteiger partial charge is 0.414 e.